The van der Waals surface area contributed by atoms with Crippen LogP contribution in [0.2, 0.25) is 0 Å². The number of hydrogen-bond donors (Lipinski definition) is 0. The minimum absolute atomic E-state index is 0.0165. The molecule has 0 N–H and O–H groups in total. The first-order chi connectivity index (χ1) is 13.0. The summed E-state index contributed by atoms with van der Waals surface area (Å²) in [6.07, 6.45) is 1.11. The van der Waals surface area contributed by atoms with E-state index in [4.69, 9.17) is 4.74 Å². The van der Waals surface area contributed by atoms with Gasteiger partial charge >= 0.3 is 6.09 Å². The lowest BCUT2D eigenvalue weighted by atomic mass is 9.95. The van der Waals surface area contributed by atoms with E-state index in [1.54, 1.807) is 16.7 Å². The maximum absolute atomic E-state index is 12.7. The van der Waals surface area contributed by atoms with Crippen molar-refractivity contribution >= 4 is 17.9 Å². The van der Waals surface area contributed by atoms with E-state index in [2.05, 4.69) is 0 Å². The zero-order valence-corrected chi connectivity index (χ0v) is 15.8. The molecular formula is C20H27N3O4. The number of piperazine rings is 1. The van der Waals surface area contributed by atoms with Gasteiger partial charge in [0.2, 0.25) is 11.8 Å². The monoisotopic (exact) mass is 373 g/mol. The molecule has 27 heavy (non-hydrogen) atoms. The number of amides is 3. The molecule has 1 aromatic carbocycles. The maximum atomic E-state index is 12.7. The van der Waals surface area contributed by atoms with E-state index in [0.29, 0.717) is 39.3 Å². The molecule has 0 unspecified atom stereocenters. The minimum Gasteiger partial charge on any atom is -0.445 e. The Morgan fingerprint density at radius 1 is 0.889 bits per heavy atom. The van der Waals surface area contributed by atoms with E-state index >= 15 is 0 Å². The van der Waals surface area contributed by atoms with Crippen LogP contribution in [0, 0.1) is 5.92 Å². The van der Waals surface area contributed by atoms with Gasteiger partial charge in [0.15, 0.2) is 0 Å². The van der Waals surface area contributed by atoms with Crippen LogP contribution < -0.4 is 0 Å². The molecule has 7 heteroatoms. The Morgan fingerprint density at radius 3 is 2.07 bits per heavy atom. The van der Waals surface area contributed by atoms with Crippen LogP contribution in [0.5, 0.6) is 0 Å². The van der Waals surface area contributed by atoms with E-state index in [0.717, 1.165) is 18.4 Å². The third kappa shape index (κ3) is 4.99. The summed E-state index contributed by atoms with van der Waals surface area (Å²) in [5.74, 6) is 0.205. The molecular weight excluding hydrogens is 346 g/mol. The number of rotatable bonds is 3. The van der Waals surface area contributed by atoms with Gasteiger partial charge in [-0.25, -0.2) is 4.79 Å². The van der Waals surface area contributed by atoms with Gasteiger partial charge in [0.25, 0.3) is 0 Å². The van der Waals surface area contributed by atoms with Crippen LogP contribution in [-0.4, -0.2) is 71.9 Å². The highest BCUT2D eigenvalue weighted by Gasteiger charge is 2.32. The molecule has 7 nitrogen and oxygen atoms in total. The van der Waals surface area contributed by atoms with Gasteiger partial charge < -0.3 is 19.4 Å². The van der Waals surface area contributed by atoms with Crippen LogP contribution in [0.3, 0.4) is 0 Å². The number of hydrogen-bond acceptors (Lipinski definition) is 4. The molecule has 0 saturated carbocycles. The number of carbonyl (C=O) groups excluding carboxylic acids is 3. The van der Waals surface area contributed by atoms with Crippen LogP contribution >= 0.6 is 0 Å². The average molecular weight is 373 g/mol. The number of likely N-dealkylation sites (tertiary alicyclic amines) is 1. The molecule has 0 radical (unpaired) electrons. The van der Waals surface area contributed by atoms with Crippen LogP contribution in [0.4, 0.5) is 4.79 Å². The molecule has 146 valence electrons. The Balaban J connectivity index is 1.41. The molecule has 0 aliphatic carbocycles. The van der Waals surface area contributed by atoms with E-state index in [1.165, 1.54) is 0 Å². The van der Waals surface area contributed by atoms with Gasteiger partial charge in [-0.15, -0.1) is 0 Å². The summed E-state index contributed by atoms with van der Waals surface area (Å²) in [5, 5.41) is 0. The summed E-state index contributed by atoms with van der Waals surface area (Å²) >= 11 is 0. The zero-order chi connectivity index (χ0) is 19.2. The van der Waals surface area contributed by atoms with E-state index in [-0.39, 0.29) is 30.4 Å². The van der Waals surface area contributed by atoms with Crippen LogP contribution in [0.25, 0.3) is 0 Å². The van der Waals surface area contributed by atoms with Crippen LogP contribution in [-0.2, 0) is 20.9 Å². The molecule has 2 saturated heterocycles. The van der Waals surface area contributed by atoms with Crippen molar-refractivity contribution in [2.24, 2.45) is 5.92 Å². The Bertz CT molecular complexity index is 663. The molecule has 1 aromatic rings. The van der Waals surface area contributed by atoms with Gasteiger partial charge in [0, 0.05) is 52.1 Å². The van der Waals surface area contributed by atoms with Crippen molar-refractivity contribution in [3.8, 4) is 0 Å². The van der Waals surface area contributed by atoms with Gasteiger partial charge in [-0.3, -0.25) is 9.59 Å². The predicted molar refractivity (Wildman–Crippen MR) is 99.8 cm³/mol. The number of nitrogens with zero attached hydrogens (tertiary/aromatic N) is 3. The molecule has 2 aliphatic heterocycles. The molecule has 2 fully saturated rings. The summed E-state index contributed by atoms with van der Waals surface area (Å²) in [7, 11) is 0. The van der Waals surface area contributed by atoms with Gasteiger partial charge in [0.05, 0.1) is 0 Å². The highest BCUT2D eigenvalue weighted by molar-refractivity contribution is 5.80. The van der Waals surface area contributed by atoms with Crippen molar-refractivity contribution in [2.45, 2.75) is 26.4 Å². The second-order valence-electron chi connectivity index (χ2n) is 7.13. The quantitative estimate of drug-likeness (QED) is 0.809. The highest BCUT2D eigenvalue weighted by atomic mass is 16.6. The highest BCUT2D eigenvalue weighted by Crippen LogP contribution is 2.20. The number of piperidine rings is 1. The second-order valence-corrected chi connectivity index (χ2v) is 7.13. The smallest absolute Gasteiger partial charge is 0.410 e. The summed E-state index contributed by atoms with van der Waals surface area (Å²) in [6, 6.07) is 9.58. The number of carbonyl (C=O) groups is 3. The maximum Gasteiger partial charge on any atom is 0.410 e. The fourth-order valence-corrected chi connectivity index (χ4v) is 3.62. The molecule has 2 aliphatic rings. The third-order valence-corrected chi connectivity index (χ3v) is 5.34. The van der Waals surface area contributed by atoms with Gasteiger partial charge in [-0.05, 0) is 18.4 Å². The Hall–Kier alpha value is -2.57. The molecule has 0 aromatic heterocycles. The first-order valence-corrected chi connectivity index (χ1v) is 9.54. The first kappa shape index (κ1) is 19.2. The van der Waals surface area contributed by atoms with Crippen molar-refractivity contribution in [1.29, 1.82) is 0 Å². The van der Waals surface area contributed by atoms with Crippen molar-refractivity contribution in [2.75, 3.05) is 39.3 Å². The molecule has 0 atom stereocenters. The summed E-state index contributed by atoms with van der Waals surface area (Å²) < 4.78 is 5.36. The Kier molecular flexibility index (Phi) is 6.32. The second kappa shape index (κ2) is 8.88. The third-order valence-electron chi connectivity index (χ3n) is 5.34. The van der Waals surface area contributed by atoms with Gasteiger partial charge in [-0.2, -0.15) is 0 Å². The Morgan fingerprint density at radius 2 is 1.48 bits per heavy atom. The average Bonchev–Trinajstić information content (AvgIpc) is 2.72. The Labute approximate surface area is 159 Å². The largest absolute Gasteiger partial charge is 0.445 e. The van der Waals surface area contributed by atoms with Crippen molar-refractivity contribution < 1.29 is 19.1 Å². The van der Waals surface area contributed by atoms with Crippen LogP contribution in [0.1, 0.15) is 25.3 Å². The fraction of sp³-hybridized carbons (Fsp3) is 0.550. The lowest BCUT2D eigenvalue weighted by Gasteiger charge is -2.38. The molecule has 0 bridgehead atoms. The van der Waals surface area contributed by atoms with Gasteiger partial charge in [0.1, 0.15) is 6.61 Å². The zero-order valence-electron chi connectivity index (χ0n) is 15.8. The lowest BCUT2D eigenvalue weighted by molar-refractivity contribution is -0.141. The SMILES string of the molecule is CC(=O)N1CCC(C(=O)N2CCN(C(=O)OCc3ccccc3)CC2)CC1. The number of benzene rings is 1. The molecule has 3 rings (SSSR count). The topological polar surface area (TPSA) is 70.2 Å². The van der Waals surface area contributed by atoms with Crippen molar-refractivity contribution in [3.63, 3.8) is 0 Å². The molecule has 0 spiro atoms. The van der Waals surface area contributed by atoms with Crippen molar-refractivity contribution in [3.05, 3.63) is 35.9 Å². The van der Waals surface area contributed by atoms with E-state index in [9.17, 15) is 14.4 Å². The summed E-state index contributed by atoms with van der Waals surface area (Å²) in [4.78, 5) is 41.6. The molecule has 2 heterocycles. The molecule has 3 amide bonds. The van der Waals surface area contributed by atoms with Gasteiger partial charge in [-0.1, -0.05) is 30.3 Å². The van der Waals surface area contributed by atoms with Crippen molar-refractivity contribution in [1.82, 2.24) is 14.7 Å². The minimum atomic E-state index is -0.333. The predicted octanol–water partition coefficient (Wildman–Crippen LogP) is 1.73. The summed E-state index contributed by atoms with van der Waals surface area (Å²) in [6.45, 7) is 5.18. The first-order valence-electron chi connectivity index (χ1n) is 9.54. The van der Waals surface area contributed by atoms with E-state index in [1.807, 2.05) is 35.2 Å². The standard InChI is InChI=1S/C20H27N3O4/c1-16(24)21-9-7-18(8-10-21)19(25)22-11-13-23(14-12-22)20(26)27-15-17-5-3-2-4-6-17/h2-6,18H,7-15H2,1H3. The lowest BCUT2D eigenvalue weighted by Crippen LogP contribution is -2.53. The fourth-order valence-electron chi connectivity index (χ4n) is 3.62. The van der Waals surface area contributed by atoms with E-state index < -0.39 is 0 Å². The van der Waals surface area contributed by atoms with Crippen LogP contribution in [0.15, 0.2) is 30.3 Å². The normalized spacial score (nSPS) is 18.3. The number of ether oxygens (including phenoxy) is 1. The summed E-state index contributed by atoms with van der Waals surface area (Å²) in [5.41, 5.74) is 0.955.